The lowest BCUT2D eigenvalue weighted by Crippen LogP contribution is -2.20. The molecule has 0 aliphatic heterocycles. The highest BCUT2D eigenvalue weighted by Crippen LogP contribution is 2.27. The molecule has 0 radical (unpaired) electrons. The zero-order valence-corrected chi connectivity index (χ0v) is 22.3. The Morgan fingerprint density at radius 1 is 0.789 bits per heavy atom. The molecule has 2 aromatic carbocycles. The maximum atomic E-state index is 12.9. The van der Waals surface area contributed by atoms with Gasteiger partial charge >= 0.3 is 5.97 Å². The van der Waals surface area contributed by atoms with Crippen molar-refractivity contribution in [3.8, 4) is 0 Å². The van der Waals surface area contributed by atoms with Gasteiger partial charge in [-0.2, -0.15) is 5.10 Å². The van der Waals surface area contributed by atoms with Crippen LogP contribution in [-0.4, -0.2) is 40.0 Å². The minimum atomic E-state index is -4.01. The second-order valence-corrected chi connectivity index (χ2v) is 13.2. The molecule has 0 saturated heterocycles. The Bertz CT molecular complexity index is 1630. The number of carboxylic acids is 1. The number of benzene rings is 2. The van der Waals surface area contributed by atoms with Crippen molar-refractivity contribution < 1.29 is 31.5 Å². The molecule has 11 nitrogen and oxygen atoms in total. The van der Waals surface area contributed by atoms with E-state index >= 15 is 0 Å². The highest BCUT2D eigenvalue weighted by Gasteiger charge is 2.20. The Hall–Kier alpha value is -4.05. The molecular formula is C23H18N4O7S4. The standard InChI is InChI=1S/C23H18N4O7S4/c28-22(25-24-14-15-5-1-2-6-19(15)23(29)30)16-11-17(26-37(31,32)20-7-3-9-35-20)13-18(12-16)27-38(33,34)21-8-4-10-36-21/h1-14,26-27H,(H,25,28)(H,29,30)/b24-14+. The second-order valence-electron chi connectivity index (χ2n) is 7.47. The van der Waals surface area contributed by atoms with Gasteiger partial charge in [0.25, 0.3) is 26.0 Å². The van der Waals surface area contributed by atoms with Crippen molar-refractivity contribution in [3.05, 3.63) is 94.2 Å². The van der Waals surface area contributed by atoms with E-state index in [0.29, 0.717) is 0 Å². The molecule has 0 unspecified atom stereocenters. The van der Waals surface area contributed by atoms with Crippen molar-refractivity contribution in [2.75, 3.05) is 9.44 Å². The monoisotopic (exact) mass is 590 g/mol. The summed E-state index contributed by atoms with van der Waals surface area (Å²) in [6, 6.07) is 15.6. The number of rotatable bonds is 10. The summed E-state index contributed by atoms with van der Waals surface area (Å²) in [5.74, 6) is -1.98. The first-order chi connectivity index (χ1) is 18.0. The van der Waals surface area contributed by atoms with Crippen LogP contribution in [0, 0.1) is 0 Å². The minimum Gasteiger partial charge on any atom is -0.478 e. The lowest BCUT2D eigenvalue weighted by molar-refractivity contribution is 0.0696. The van der Waals surface area contributed by atoms with Gasteiger partial charge in [0.05, 0.1) is 23.2 Å². The van der Waals surface area contributed by atoms with Crippen molar-refractivity contribution >= 4 is 72.2 Å². The quantitative estimate of drug-likeness (QED) is 0.160. The average molecular weight is 591 g/mol. The number of carbonyl (C=O) groups excluding carboxylic acids is 1. The van der Waals surface area contributed by atoms with Gasteiger partial charge < -0.3 is 5.11 Å². The number of hydrazone groups is 1. The van der Waals surface area contributed by atoms with Gasteiger partial charge in [0.1, 0.15) is 8.42 Å². The van der Waals surface area contributed by atoms with E-state index in [9.17, 15) is 31.5 Å². The van der Waals surface area contributed by atoms with Crippen LogP contribution in [0.1, 0.15) is 26.3 Å². The SMILES string of the molecule is O=C(N/N=C/c1ccccc1C(=O)O)c1cc(NS(=O)(=O)c2cccs2)cc(NS(=O)(=O)c2cccs2)c1. The molecule has 15 heteroatoms. The van der Waals surface area contributed by atoms with E-state index in [1.165, 1.54) is 42.5 Å². The van der Waals surface area contributed by atoms with Crippen LogP contribution < -0.4 is 14.9 Å². The minimum absolute atomic E-state index is 0.0229. The van der Waals surface area contributed by atoms with Crippen LogP contribution in [0.3, 0.4) is 0 Å². The predicted molar refractivity (Wildman–Crippen MR) is 145 cm³/mol. The maximum absolute atomic E-state index is 12.9. The first-order valence-corrected chi connectivity index (χ1v) is 15.2. The van der Waals surface area contributed by atoms with Crippen molar-refractivity contribution in [1.29, 1.82) is 0 Å². The van der Waals surface area contributed by atoms with Crippen molar-refractivity contribution in [2.24, 2.45) is 5.10 Å². The molecule has 0 fully saturated rings. The number of aromatic carboxylic acids is 1. The molecule has 2 aromatic heterocycles. The number of hydrogen-bond donors (Lipinski definition) is 4. The zero-order chi connectivity index (χ0) is 27.3. The van der Waals surface area contributed by atoms with Crippen LogP contribution >= 0.6 is 22.7 Å². The summed E-state index contributed by atoms with van der Waals surface area (Å²) in [5, 5.41) is 16.2. The van der Waals surface area contributed by atoms with Gasteiger partial charge in [0.2, 0.25) is 0 Å². The fourth-order valence-electron chi connectivity index (χ4n) is 3.15. The molecule has 0 atom stereocenters. The topological polar surface area (TPSA) is 171 Å². The molecule has 1 amide bonds. The van der Waals surface area contributed by atoms with E-state index < -0.39 is 31.9 Å². The Balaban J connectivity index is 1.64. The molecule has 0 bridgehead atoms. The van der Waals surface area contributed by atoms with E-state index in [2.05, 4.69) is 20.0 Å². The fourth-order valence-corrected chi connectivity index (χ4v) is 7.22. The molecule has 4 N–H and O–H groups in total. The molecule has 0 aliphatic rings. The first-order valence-electron chi connectivity index (χ1n) is 10.5. The molecule has 0 spiro atoms. The third-order valence-electron chi connectivity index (χ3n) is 4.78. The molecule has 2 heterocycles. The summed E-state index contributed by atoms with van der Waals surface area (Å²) >= 11 is 1.97. The molecule has 4 rings (SSSR count). The number of thiophene rings is 2. The summed E-state index contributed by atoms with van der Waals surface area (Å²) in [6.07, 6.45) is 1.14. The van der Waals surface area contributed by atoms with Gasteiger partial charge in [0.15, 0.2) is 0 Å². The summed E-state index contributed by atoms with van der Waals surface area (Å²) in [4.78, 5) is 24.2. The van der Waals surface area contributed by atoms with Gasteiger partial charge in [-0.25, -0.2) is 27.1 Å². The highest BCUT2D eigenvalue weighted by molar-refractivity contribution is 7.95. The Labute approximate surface area is 225 Å². The van der Waals surface area contributed by atoms with Crippen LogP contribution in [0.25, 0.3) is 0 Å². The molecule has 196 valence electrons. The number of amides is 1. The molecule has 4 aromatic rings. The number of carboxylic acid groups (broad SMARTS) is 1. The van der Waals surface area contributed by atoms with Gasteiger partial charge in [-0.1, -0.05) is 30.3 Å². The van der Waals surface area contributed by atoms with Crippen LogP contribution in [0.15, 0.2) is 91.0 Å². The summed E-state index contributed by atoms with van der Waals surface area (Å²) in [5.41, 5.74) is 2.18. The van der Waals surface area contributed by atoms with Gasteiger partial charge in [0, 0.05) is 11.1 Å². The molecule has 38 heavy (non-hydrogen) atoms. The van der Waals surface area contributed by atoms with Gasteiger partial charge in [-0.15, -0.1) is 22.7 Å². The average Bonchev–Trinajstić information content (AvgIpc) is 3.59. The summed E-state index contributed by atoms with van der Waals surface area (Å²) in [6.45, 7) is 0. The van der Waals surface area contributed by atoms with Crippen LogP contribution in [0.4, 0.5) is 11.4 Å². The third-order valence-corrected chi connectivity index (χ3v) is 10.3. The normalized spacial score (nSPS) is 11.8. The highest BCUT2D eigenvalue weighted by atomic mass is 32.3. The van der Waals surface area contributed by atoms with Crippen molar-refractivity contribution in [3.63, 3.8) is 0 Å². The van der Waals surface area contributed by atoms with Crippen LogP contribution in [-0.2, 0) is 20.0 Å². The van der Waals surface area contributed by atoms with Crippen LogP contribution in [0.5, 0.6) is 0 Å². The van der Waals surface area contributed by atoms with E-state index in [0.717, 1.165) is 28.9 Å². The first kappa shape index (κ1) is 27.0. The van der Waals surface area contributed by atoms with E-state index in [1.807, 2.05) is 0 Å². The van der Waals surface area contributed by atoms with Crippen molar-refractivity contribution in [2.45, 2.75) is 8.42 Å². The molecular weight excluding hydrogens is 573 g/mol. The molecule has 0 aliphatic carbocycles. The smallest absolute Gasteiger partial charge is 0.336 e. The predicted octanol–water partition coefficient (Wildman–Crippen LogP) is 3.87. The number of anilines is 2. The molecule has 0 saturated carbocycles. The van der Waals surface area contributed by atoms with E-state index in [1.54, 1.807) is 35.0 Å². The Morgan fingerprint density at radius 3 is 1.84 bits per heavy atom. The largest absolute Gasteiger partial charge is 0.478 e. The number of sulfonamides is 2. The lowest BCUT2D eigenvalue weighted by Gasteiger charge is -2.12. The van der Waals surface area contributed by atoms with E-state index in [-0.39, 0.29) is 36.5 Å². The van der Waals surface area contributed by atoms with Gasteiger partial charge in [-0.05, 0) is 47.2 Å². The zero-order valence-electron chi connectivity index (χ0n) is 19.1. The number of nitrogens with zero attached hydrogens (tertiary/aromatic N) is 1. The number of nitrogens with one attached hydrogen (secondary N) is 3. The van der Waals surface area contributed by atoms with Crippen LogP contribution in [0.2, 0.25) is 0 Å². The van der Waals surface area contributed by atoms with Crippen molar-refractivity contribution in [1.82, 2.24) is 5.43 Å². The summed E-state index contributed by atoms with van der Waals surface area (Å²) in [7, 11) is -8.01. The lowest BCUT2D eigenvalue weighted by atomic mass is 10.1. The summed E-state index contributed by atoms with van der Waals surface area (Å²) < 4.78 is 55.7. The number of carbonyl (C=O) groups is 2. The second kappa shape index (κ2) is 11.1. The maximum Gasteiger partial charge on any atom is 0.336 e. The Kier molecular flexibility index (Phi) is 7.91. The van der Waals surface area contributed by atoms with E-state index in [4.69, 9.17) is 0 Å². The fraction of sp³-hybridized carbons (Fsp3) is 0. The number of hydrogen-bond acceptors (Lipinski definition) is 9. The Morgan fingerprint density at radius 2 is 1.34 bits per heavy atom. The third kappa shape index (κ3) is 6.44. The van der Waals surface area contributed by atoms with Gasteiger partial charge in [-0.3, -0.25) is 14.2 Å².